The van der Waals surface area contributed by atoms with E-state index < -0.39 is 11.7 Å². The topological polar surface area (TPSA) is 29.1 Å². The van der Waals surface area contributed by atoms with Gasteiger partial charge in [0.1, 0.15) is 5.82 Å². The summed E-state index contributed by atoms with van der Waals surface area (Å²) in [6.45, 7) is 5.85. The molecular formula is C17H17ClFNO. The Hall–Kier alpha value is -1.87. The number of benzene rings is 2. The Labute approximate surface area is 128 Å². The molecule has 0 spiro atoms. The highest BCUT2D eigenvalue weighted by molar-refractivity contribution is 6.31. The lowest BCUT2D eigenvalue weighted by Crippen LogP contribution is -2.28. The predicted molar refractivity (Wildman–Crippen MR) is 83.2 cm³/mol. The van der Waals surface area contributed by atoms with Crippen molar-refractivity contribution < 1.29 is 9.18 Å². The molecule has 1 unspecified atom stereocenters. The minimum absolute atomic E-state index is 0.0420. The van der Waals surface area contributed by atoms with E-state index in [1.54, 1.807) is 0 Å². The molecule has 2 nitrogen and oxygen atoms in total. The minimum atomic E-state index is -0.579. The minimum Gasteiger partial charge on any atom is -0.345 e. The van der Waals surface area contributed by atoms with Gasteiger partial charge >= 0.3 is 0 Å². The molecule has 0 heterocycles. The van der Waals surface area contributed by atoms with Crippen LogP contribution in [0.25, 0.3) is 0 Å². The lowest BCUT2D eigenvalue weighted by molar-refractivity contribution is 0.0935. The average molecular weight is 306 g/mol. The molecule has 0 aromatic heterocycles. The van der Waals surface area contributed by atoms with E-state index in [4.69, 9.17) is 11.6 Å². The van der Waals surface area contributed by atoms with E-state index in [2.05, 4.69) is 5.32 Å². The molecule has 1 atom stereocenters. The van der Waals surface area contributed by atoms with Gasteiger partial charge in [0.25, 0.3) is 5.91 Å². The summed E-state index contributed by atoms with van der Waals surface area (Å²) < 4.78 is 13.7. The number of hydrogen-bond donors (Lipinski definition) is 1. The zero-order valence-corrected chi connectivity index (χ0v) is 13.0. The summed E-state index contributed by atoms with van der Waals surface area (Å²) >= 11 is 5.81. The second kappa shape index (κ2) is 6.27. The Bertz CT molecular complexity index is 684. The smallest absolute Gasteiger partial charge is 0.254 e. The molecule has 2 aromatic carbocycles. The number of carbonyl (C=O) groups excluding carboxylic acids is 1. The summed E-state index contributed by atoms with van der Waals surface area (Å²) in [5.41, 5.74) is 3.18. The number of aryl methyl sites for hydroxylation is 2. The molecule has 0 radical (unpaired) electrons. The molecule has 2 aromatic rings. The van der Waals surface area contributed by atoms with Crippen LogP contribution in [-0.4, -0.2) is 5.91 Å². The standard InChI is InChI=1S/C17H17ClFNO/c1-10-4-5-11(2)14(8-10)12(3)20-17(21)15-9-13(18)6-7-16(15)19/h4-9,12H,1-3H3,(H,20,21). The van der Waals surface area contributed by atoms with E-state index in [1.165, 1.54) is 18.2 Å². The summed E-state index contributed by atoms with van der Waals surface area (Å²) in [5.74, 6) is -1.05. The van der Waals surface area contributed by atoms with Gasteiger partial charge in [-0.1, -0.05) is 35.4 Å². The van der Waals surface area contributed by atoms with Crippen molar-refractivity contribution in [2.45, 2.75) is 26.8 Å². The second-order valence-corrected chi connectivity index (χ2v) is 5.62. The third kappa shape index (κ3) is 3.61. The van der Waals surface area contributed by atoms with Crippen molar-refractivity contribution >= 4 is 17.5 Å². The number of nitrogens with one attached hydrogen (secondary N) is 1. The molecule has 0 fully saturated rings. The first-order chi connectivity index (χ1) is 9.88. The second-order valence-electron chi connectivity index (χ2n) is 5.18. The van der Waals surface area contributed by atoms with Gasteiger partial charge in [-0.3, -0.25) is 4.79 Å². The molecule has 0 bridgehead atoms. The van der Waals surface area contributed by atoms with E-state index in [0.29, 0.717) is 5.02 Å². The summed E-state index contributed by atoms with van der Waals surface area (Å²) in [5, 5.41) is 3.15. The normalized spacial score (nSPS) is 12.0. The van der Waals surface area contributed by atoms with E-state index >= 15 is 0 Å². The molecule has 4 heteroatoms. The van der Waals surface area contributed by atoms with Crippen molar-refractivity contribution in [3.63, 3.8) is 0 Å². The van der Waals surface area contributed by atoms with Crippen molar-refractivity contribution in [1.82, 2.24) is 5.32 Å². The van der Waals surface area contributed by atoms with Gasteiger partial charge in [0.15, 0.2) is 0 Å². The van der Waals surface area contributed by atoms with E-state index in [-0.39, 0.29) is 11.6 Å². The van der Waals surface area contributed by atoms with Gasteiger partial charge in [0.2, 0.25) is 0 Å². The molecule has 0 saturated carbocycles. The molecule has 0 saturated heterocycles. The van der Waals surface area contributed by atoms with Crippen LogP contribution < -0.4 is 5.32 Å². The van der Waals surface area contributed by atoms with Crippen LogP contribution in [0.2, 0.25) is 5.02 Å². The molecule has 2 rings (SSSR count). The van der Waals surface area contributed by atoms with Crippen LogP contribution in [0.3, 0.4) is 0 Å². The van der Waals surface area contributed by atoms with Crippen molar-refractivity contribution in [2.24, 2.45) is 0 Å². The fraction of sp³-hybridized carbons (Fsp3) is 0.235. The van der Waals surface area contributed by atoms with Crippen LogP contribution in [0, 0.1) is 19.7 Å². The maximum Gasteiger partial charge on any atom is 0.254 e. The number of rotatable bonds is 3. The van der Waals surface area contributed by atoms with Crippen molar-refractivity contribution in [2.75, 3.05) is 0 Å². The van der Waals surface area contributed by atoms with Crippen molar-refractivity contribution in [3.8, 4) is 0 Å². The van der Waals surface area contributed by atoms with Gasteiger partial charge in [-0.25, -0.2) is 4.39 Å². The first-order valence-corrected chi connectivity index (χ1v) is 7.09. The van der Waals surface area contributed by atoms with Crippen LogP contribution in [0.5, 0.6) is 0 Å². The van der Waals surface area contributed by atoms with Crippen LogP contribution in [0.1, 0.15) is 40.0 Å². The third-order valence-corrected chi connectivity index (χ3v) is 3.66. The SMILES string of the molecule is Cc1ccc(C)c(C(C)NC(=O)c2cc(Cl)ccc2F)c1. The zero-order chi connectivity index (χ0) is 15.6. The fourth-order valence-electron chi connectivity index (χ4n) is 2.25. The monoisotopic (exact) mass is 305 g/mol. The highest BCUT2D eigenvalue weighted by Gasteiger charge is 2.16. The zero-order valence-electron chi connectivity index (χ0n) is 12.2. The summed E-state index contributed by atoms with van der Waals surface area (Å²) in [7, 11) is 0. The van der Waals surface area contributed by atoms with E-state index in [9.17, 15) is 9.18 Å². The van der Waals surface area contributed by atoms with Crippen LogP contribution in [0.15, 0.2) is 36.4 Å². The van der Waals surface area contributed by atoms with Gasteiger partial charge < -0.3 is 5.32 Å². The molecule has 0 aliphatic rings. The predicted octanol–water partition coefficient (Wildman–Crippen LogP) is 4.59. The first-order valence-electron chi connectivity index (χ1n) is 6.71. The lowest BCUT2D eigenvalue weighted by atomic mass is 9.99. The number of amides is 1. The number of carbonyl (C=O) groups is 1. The van der Waals surface area contributed by atoms with Crippen LogP contribution in [-0.2, 0) is 0 Å². The Kier molecular flexibility index (Phi) is 4.63. The van der Waals surface area contributed by atoms with Crippen molar-refractivity contribution in [1.29, 1.82) is 0 Å². The Morgan fingerprint density at radius 2 is 1.90 bits per heavy atom. The van der Waals surface area contributed by atoms with Gasteiger partial charge in [-0.05, 0) is 50.1 Å². The summed E-state index contributed by atoms with van der Waals surface area (Å²) in [4.78, 5) is 12.2. The maximum absolute atomic E-state index is 13.7. The fourth-order valence-corrected chi connectivity index (χ4v) is 2.42. The quantitative estimate of drug-likeness (QED) is 0.883. The molecule has 0 aliphatic heterocycles. The van der Waals surface area contributed by atoms with Crippen LogP contribution >= 0.6 is 11.6 Å². The molecule has 110 valence electrons. The third-order valence-electron chi connectivity index (χ3n) is 3.42. The average Bonchev–Trinajstić information content (AvgIpc) is 2.43. The Balaban J connectivity index is 2.23. The number of halogens is 2. The summed E-state index contributed by atoms with van der Waals surface area (Å²) in [6.07, 6.45) is 0. The lowest BCUT2D eigenvalue weighted by Gasteiger charge is -2.17. The van der Waals surface area contributed by atoms with Gasteiger partial charge in [0.05, 0.1) is 11.6 Å². The summed E-state index contributed by atoms with van der Waals surface area (Å²) in [6, 6.07) is 9.78. The Morgan fingerprint density at radius 3 is 2.62 bits per heavy atom. The van der Waals surface area contributed by atoms with Crippen molar-refractivity contribution in [3.05, 3.63) is 69.5 Å². The van der Waals surface area contributed by atoms with Gasteiger partial charge in [-0.15, -0.1) is 0 Å². The number of hydrogen-bond acceptors (Lipinski definition) is 1. The molecule has 1 N–H and O–H groups in total. The first kappa shape index (κ1) is 15.5. The van der Waals surface area contributed by atoms with Gasteiger partial charge in [0, 0.05) is 5.02 Å². The molecular weight excluding hydrogens is 289 g/mol. The highest BCUT2D eigenvalue weighted by atomic mass is 35.5. The molecule has 0 aliphatic carbocycles. The maximum atomic E-state index is 13.7. The largest absolute Gasteiger partial charge is 0.345 e. The van der Waals surface area contributed by atoms with E-state index in [1.807, 2.05) is 39.0 Å². The molecule has 1 amide bonds. The highest BCUT2D eigenvalue weighted by Crippen LogP contribution is 2.20. The van der Waals surface area contributed by atoms with Crippen LogP contribution in [0.4, 0.5) is 4.39 Å². The Morgan fingerprint density at radius 1 is 1.19 bits per heavy atom. The van der Waals surface area contributed by atoms with E-state index in [0.717, 1.165) is 16.7 Å². The van der Waals surface area contributed by atoms with Gasteiger partial charge in [-0.2, -0.15) is 0 Å². The molecule has 21 heavy (non-hydrogen) atoms.